The van der Waals surface area contributed by atoms with Crippen LogP contribution in [0.5, 0.6) is 0 Å². The fourth-order valence-electron chi connectivity index (χ4n) is 2.75. The maximum atomic E-state index is 12.3. The summed E-state index contributed by atoms with van der Waals surface area (Å²) >= 11 is 4.75. The van der Waals surface area contributed by atoms with Crippen LogP contribution in [-0.4, -0.2) is 37.6 Å². The van der Waals surface area contributed by atoms with Gasteiger partial charge in [-0.25, -0.2) is 5.43 Å². The monoisotopic (exact) mass is 492 g/mol. The van der Waals surface area contributed by atoms with Crippen molar-refractivity contribution in [3.05, 3.63) is 89.2 Å². The van der Waals surface area contributed by atoms with E-state index in [0.29, 0.717) is 11.0 Å². The molecule has 0 aliphatic rings. The van der Waals surface area contributed by atoms with Crippen LogP contribution in [0, 0.1) is 0 Å². The number of halogens is 1. The first-order valence-corrected chi connectivity index (χ1v) is 11.1. The first kappa shape index (κ1) is 21.0. The number of hydrazone groups is 1. The van der Waals surface area contributed by atoms with Crippen LogP contribution in [0.15, 0.2) is 93.9 Å². The molecule has 0 saturated carbocycles. The summed E-state index contributed by atoms with van der Waals surface area (Å²) in [7, 11) is 0. The van der Waals surface area contributed by atoms with E-state index in [2.05, 4.69) is 41.6 Å². The molecular formula is C22H17BrN6OS. The number of rotatable bonds is 7. The second kappa shape index (κ2) is 10.1. The largest absolute Gasteiger partial charge is 0.272 e. The SMILES string of the molecule is O=C(CSc1nnc(-c2cccnc2)n1-c1ccc(Br)cc1)NN=Cc1ccccc1. The number of carbonyl (C=O) groups excluding carboxylic acids is 1. The lowest BCUT2D eigenvalue weighted by molar-refractivity contribution is -0.118. The smallest absolute Gasteiger partial charge is 0.250 e. The van der Waals surface area contributed by atoms with Crippen molar-refractivity contribution in [3.8, 4) is 17.1 Å². The van der Waals surface area contributed by atoms with Crippen molar-refractivity contribution >= 4 is 39.8 Å². The van der Waals surface area contributed by atoms with E-state index in [1.54, 1.807) is 18.6 Å². The summed E-state index contributed by atoms with van der Waals surface area (Å²) in [5.74, 6) is 0.569. The van der Waals surface area contributed by atoms with Gasteiger partial charge in [0.2, 0.25) is 0 Å². The summed E-state index contributed by atoms with van der Waals surface area (Å²) in [4.78, 5) is 16.4. The molecular weight excluding hydrogens is 476 g/mol. The van der Waals surface area contributed by atoms with E-state index in [1.807, 2.05) is 71.3 Å². The number of hydrogen-bond donors (Lipinski definition) is 1. The molecule has 4 rings (SSSR count). The van der Waals surface area contributed by atoms with E-state index >= 15 is 0 Å². The summed E-state index contributed by atoms with van der Waals surface area (Å²) in [5, 5.41) is 13.3. The van der Waals surface area contributed by atoms with Crippen molar-refractivity contribution in [2.45, 2.75) is 5.16 Å². The number of nitrogens with one attached hydrogen (secondary N) is 1. The first-order chi connectivity index (χ1) is 15.2. The highest BCUT2D eigenvalue weighted by atomic mass is 79.9. The molecule has 1 N–H and O–H groups in total. The summed E-state index contributed by atoms with van der Waals surface area (Å²) in [6, 6.07) is 21.1. The average Bonchev–Trinajstić information content (AvgIpc) is 3.23. The van der Waals surface area contributed by atoms with Gasteiger partial charge < -0.3 is 0 Å². The van der Waals surface area contributed by atoms with Gasteiger partial charge in [0.15, 0.2) is 11.0 Å². The van der Waals surface area contributed by atoms with Gasteiger partial charge >= 0.3 is 0 Å². The van der Waals surface area contributed by atoms with Crippen LogP contribution in [0.1, 0.15) is 5.56 Å². The van der Waals surface area contributed by atoms with Crippen molar-refractivity contribution in [1.82, 2.24) is 25.2 Å². The van der Waals surface area contributed by atoms with E-state index in [1.165, 1.54) is 11.8 Å². The lowest BCUT2D eigenvalue weighted by Gasteiger charge is -2.10. The first-order valence-electron chi connectivity index (χ1n) is 9.32. The van der Waals surface area contributed by atoms with Crippen LogP contribution in [0.2, 0.25) is 0 Å². The predicted octanol–water partition coefficient (Wildman–Crippen LogP) is 4.33. The van der Waals surface area contributed by atoms with E-state index < -0.39 is 0 Å². The molecule has 1 amide bonds. The van der Waals surface area contributed by atoms with Crippen LogP contribution in [0.4, 0.5) is 0 Å². The lowest BCUT2D eigenvalue weighted by atomic mass is 10.2. The molecule has 4 aromatic rings. The van der Waals surface area contributed by atoms with Crippen molar-refractivity contribution in [1.29, 1.82) is 0 Å². The van der Waals surface area contributed by atoms with Crippen LogP contribution in [-0.2, 0) is 4.79 Å². The topological polar surface area (TPSA) is 85.1 Å². The van der Waals surface area contributed by atoms with Gasteiger partial charge in [0.05, 0.1) is 12.0 Å². The molecule has 0 saturated heterocycles. The van der Waals surface area contributed by atoms with Gasteiger partial charge in [-0.05, 0) is 42.0 Å². The number of benzene rings is 2. The summed E-state index contributed by atoms with van der Waals surface area (Å²) in [6.07, 6.45) is 5.05. The zero-order valence-electron chi connectivity index (χ0n) is 16.2. The van der Waals surface area contributed by atoms with E-state index in [9.17, 15) is 4.79 Å². The molecule has 154 valence electrons. The second-order valence-electron chi connectivity index (χ2n) is 6.35. The Balaban J connectivity index is 1.51. The summed E-state index contributed by atoms with van der Waals surface area (Å²) in [5.41, 5.74) is 5.17. The highest BCUT2D eigenvalue weighted by Gasteiger charge is 2.17. The van der Waals surface area contributed by atoms with E-state index in [-0.39, 0.29) is 11.7 Å². The zero-order valence-corrected chi connectivity index (χ0v) is 18.6. The highest BCUT2D eigenvalue weighted by molar-refractivity contribution is 9.10. The summed E-state index contributed by atoms with van der Waals surface area (Å²) in [6.45, 7) is 0. The molecule has 2 aromatic heterocycles. The van der Waals surface area contributed by atoms with Crippen molar-refractivity contribution in [3.63, 3.8) is 0 Å². The molecule has 0 atom stereocenters. The number of thioether (sulfide) groups is 1. The van der Waals surface area contributed by atoms with Gasteiger partial charge in [0.25, 0.3) is 5.91 Å². The number of pyridine rings is 1. The molecule has 0 aliphatic carbocycles. The Morgan fingerprint density at radius 3 is 2.61 bits per heavy atom. The Kier molecular flexibility index (Phi) is 6.85. The minimum Gasteiger partial charge on any atom is -0.272 e. The Bertz CT molecular complexity index is 1180. The highest BCUT2D eigenvalue weighted by Crippen LogP contribution is 2.28. The maximum Gasteiger partial charge on any atom is 0.250 e. The number of hydrogen-bond acceptors (Lipinski definition) is 6. The quantitative estimate of drug-likeness (QED) is 0.235. The molecule has 0 radical (unpaired) electrons. The molecule has 9 heteroatoms. The Morgan fingerprint density at radius 1 is 1.06 bits per heavy atom. The molecule has 0 unspecified atom stereocenters. The normalized spacial score (nSPS) is 11.0. The average molecular weight is 493 g/mol. The molecule has 2 heterocycles. The molecule has 0 bridgehead atoms. The van der Waals surface area contributed by atoms with Gasteiger partial charge in [0.1, 0.15) is 0 Å². The summed E-state index contributed by atoms with van der Waals surface area (Å²) < 4.78 is 2.88. The fraction of sp³-hybridized carbons (Fsp3) is 0.0455. The number of nitrogens with zero attached hydrogens (tertiary/aromatic N) is 5. The minimum absolute atomic E-state index is 0.147. The molecule has 0 fully saturated rings. The predicted molar refractivity (Wildman–Crippen MR) is 125 cm³/mol. The number of amides is 1. The van der Waals surface area contributed by atoms with Crippen LogP contribution in [0.25, 0.3) is 17.1 Å². The van der Waals surface area contributed by atoms with Gasteiger partial charge in [0, 0.05) is 28.1 Å². The second-order valence-corrected chi connectivity index (χ2v) is 8.21. The zero-order chi connectivity index (χ0) is 21.5. The number of carbonyl (C=O) groups is 1. The van der Waals surface area contributed by atoms with E-state index in [4.69, 9.17) is 0 Å². The molecule has 7 nitrogen and oxygen atoms in total. The molecule has 0 aliphatic heterocycles. The van der Waals surface area contributed by atoms with Gasteiger partial charge in [-0.3, -0.25) is 14.3 Å². The van der Waals surface area contributed by atoms with Crippen molar-refractivity contribution in [2.75, 3.05) is 5.75 Å². The van der Waals surface area contributed by atoms with Crippen LogP contribution < -0.4 is 5.43 Å². The van der Waals surface area contributed by atoms with Crippen molar-refractivity contribution in [2.24, 2.45) is 5.10 Å². The van der Waals surface area contributed by atoms with Crippen LogP contribution in [0.3, 0.4) is 0 Å². The number of aromatic nitrogens is 4. The Hall–Kier alpha value is -3.30. The van der Waals surface area contributed by atoms with E-state index in [0.717, 1.165) is 21.3 Å². The molecule has 31 heavy (non-hydrogen) atoms. The third-order valence-electron chi connectivity index (χ3n) is 4.17. The van der Waals surface area contributed by atoms with Crippen LogP contribution >= 0.6 is 27.7 Å². The van der Waals surface area contributed by atoms with Gasteiger partial charge in [-0.2, -0.15) is 5.10 Å². The lowest BCUT2D eigenvalue weighted by Crippen LogP contribution is -2.20. The fourth-order valence-corrected chi connectivity index (χ4v) is 3.76. The van der Waals surface area contributed by atoms with Gasteiger partial charge in [-0.1, -0.05) is 58.0 Å². The van der Waals surface area contributed by atoms with Gasteiger partial charge in [-0.15, -0.1) is 10.2 Å². The Morgan fingerprint density at radius 2 is 1.87 bits per heavy atom. The standard InChI is InChI=1S/C22H17BrN6OS/c23-18-8-10-19(11-9-18)29-21(17-7-4-12-24-14-17)27-28-22(29)31-15-20(30)26-25-13-16-5-2-1-3-6-16/h1-14H,15H2,(H,26,30). The molecule has 2 aromatic carbocycles. The van der Waals surface area contributed by atoms with Crippen molar-refractivity contribution < 1.29 is 4.79 Å². The third kappa shape index (κ3) is 5.44. The molecule has 0 spiro atoms. The Labute approximate surface area is 191 Å². The minimum atomic E-state index is -0.231. The third-order valence-corrected chi connectivity index (χ3v) is 5.63. The maximum absolute atomic E-state index is 12.3.